The molecule has 1 N–H and O–H groups in total. The average Bonchev–Trinajstić information content (AvgIpc) is 2.88. The summed E-state index contributed by atoms with van der Waals surface area (Å²) in [6.07, 6.45) is 4.67. The third kappa shape index (κ3) is 3.38. The summed E-state index contributed by atoms with van der Waals surface area (Å²) in [6, 6.07) is 6.36. The number of hydroxylamine groups is 1. The third-order valence-corrected chi connectivity index (χ3v) is 2.85. The van der Waals surface area contributed by atoms with Crippen LogP contribution in [0.5, 0.6) is 0 Å². The maximum absolute atomic E-state index is 10.7. The Kier molecular flexibility index (Phi) is 4.25. The van der Waals surface area contributed by atoms with Crippen LogP contribution in [0.15, 0.2) is 30.3 Å². The van der Waals surface area contributed by atoms with Crippen molar-refractivity contribution >= 4 is 17.7 Å². The molecule has 0 spiro atoms. The van der Waals surface area contributed by atoms with Crippen molar-refractivity contribution in [2.75, 3.05) is 0 Å². The number of non-ortho nitro benzene ring substituents is 1. The van der Waals surface area contributed by atoms with Gasteiger partial charge in [0.1, 0.15) is 12.4 Å². The van der Waals surface area contributed by atoms with E-state index in [2.05, 4.69) is 5.48 Å². The van der Waals surface area contributed by atoms with E-state index >= 15 is 0 Å². The van der Waals surface area contributed by atoms with E-state index in [4.69, 9.17) is 4.84 Å². The molecule has 6 nitrogen and oxygen atoms in total. The molecule has 0 aliphatic carbocycles. The molecule has 1 heterocycles. The molecule has 1 atom stereocenters. The molecule has 0 amide bonds. The second kappa shape index (κ2) is 6.10. The van der Waals surface area contributed by atoms with Gasteiger partial charge in [-0.15, -0.1) is 0 Å². The number of aldehydes is 1. The predicted molar refractivity (Wildman–Crippen MR) is 69.0 cm³/mol. The van der Waals surface area contributed by atoms with Crippen LogP contribution in [-0.4, -0.2) is 17.3 Å². The minimum Gasteiger partial charge on any atom is -0.303 e. The number of carbonyl (C=O) groups excluding carboxylic acids is 1. The van der Waals surface area contributed by atoms with Crippen LogP contribution in [0.3, 0.4) is 0 Å². The first-order valence-corrected chi connectivity index (χ1v) is 6.02. The minimum atomic E-state index is -0.429. The van der Waals surface area contributed by atoms with Crippen molar-refractivity contribution in [3.63, 3.8) is 0 Å². The molecule has 100 valence electrons. The van der Waals surface area contributed by atoms with Crippen LogP contribution in [0.2, 0.25) is 0 Å². The van der Waals surface area contributed by atoms with E-state index in [0.717, 1.165) is 24.8 Å². The summed E-state index contributed by atoms with van der Waals surface area (Å²) in [5, 5.41) is 10.7. The minimum absolute atomic E-state index is 0.0459. The first kappa shape index (κ1) is 13.2. The second-order valence-electron chi connectivity index (χ2n) is 4.24. The van der Waals surface area contributed by atoms with Crippen LogP contribution >= 0.6 is 0 Å². The molecule has 0 aromatic heterocycles. The molecule has 1 unspecified atom stereocenters. The summed E-state index contributed by atoms with van der Waals surface area (Å²) in [6.45, 7) is 0. The SMILES string of the molecule is O=CCCCC1C=C(c2cccc([N+](=O)[O-])c2)NO1. The van der Waals surface area contributed by atoms with Crippen LogP contribution < -0.4 is 5.48 Å². The van der Waals surface area contributed by atoms with Gasteiger partial charge in [0.25, 0.3) is 5.69 Å². The van der Waals surface area contributed by atoms with E-state index in [-0.39, 0.29) is 11.8 Å². The van der Waals surface area contributed by atoms with Crippen LogP contribution in [0, 0.1) is 10.1 Å². The fourth-order valence-electron chi connectivity index (χ4n) is 1.88. The Hall–Kier alpha value is -2.21. The highest BCUT2D eigenvalue weighted by molar-refractivity contribution is 5.66. The number of benzene rings is 1. The molecule has 1 aromatic rings. The zero-order chi connectivity index (χ0) is 13.7. The van der Waals surface area contributed by atoms with Crippen molar-refractivity contribution in [3.05, 3.63) is 46.0 Å². The topological polar surface area (TPSA) is 81.5 Å². The number of nitrogens with one attached hydrogen (secondary N) is 1. The smallest absolute Gasteiger partial charge is 0.270 e. The number of rotatable bonds is 6. The molecular weight excluding hydrogens is 248 g/mol. The molecule has 2 rings (SSSR count). The Morgan fingerprint density at radius 1 is 1.47 bits per heavy atom. The number of nitro benzene ring substituents is 1. The maximum atomic E-state index is 10.7. The molecule has 0 saturated carbocycles. The second-order valence-corrected chi connectivity index (χ2v) is 4.24. The van der Waals surface area contributed by atoms with Crippen molar-refractivity contribution in [2.24, 2.45) is 0 Å². The van der Waals surface area contributed by atoms with E-state index in [1.807, 2.05) is 6.08 Å². The molecular formula is C13H14N2O4. The molecule has 19 heavy (non-hydrogen) atoms. The highest BCUT2D eigenvalue weighted by Gasteiger charge is 2.18. The summed E-state index contributed by atoms with van der Waals surface area (Å²) in [4.78, 5) is 25.8. The van der Waals surface area contributed by atoms with Gasteiger partial charge in [-0.2, -0.15) is 0 Å². The van der Waals surface area contributed by atoms with Gasteiger partial charge in [0.15, 0.2) is 0 Å². The van der Waals surface area contributed by atoms with Crippen LogP contribution in [0.25, 0.3) is 5.70 Å². The van der Waals surface area contributed by atoms with Gasteiger partial charge in [-0.3, -0.25) is 20.4 Å². The monoisotopic (exact) mass is 262 g/mol. The highest BCUT2D eigenvalue weighted by atomic mass is 16.7. The summed E-state index contributed by atoms with van der Waals surface area (Å²) in [5.41, 5.74) is 4.25. The molecule has 6 heteroatoms. The van der Waals surface area contributed by atoms with E-state index < -0.39 is 4.92 Å². The average molecular weight is 262 g/mol. The number of unbranched alkanes of at least 4 members (excludes halogenated alkanes) is 1. The number of carbonyl (C=O) groups is 1. The standard InChI is InChI=1S/C13H14N2O4/c16-7-2-1-6-12-9-13(14-19-12)10-4-3-5-11(8-10)15(17)18/h3-5,7-9,12,14H,1-2,6H2. The Morgan fingerprint density at radius 3 is 3.05 bits per heavy atom. The molecule has 0 fully saturated rings. The van der Waals surface area contributed by atoms with E-state index in [9.17, 15) is 14.9 Å². The molecule has 1 aliphatic rings. The Morgan fingerprint density at radius 2 is 2.32 bits per heavy atom. The lowest BCUT2D eigenvalue weighted by Crippen LogP contribution is -2.12. The lowest BCUT2D eigenvalue weighted by molar-refractivity contribution is -0.384. The van der Waals surface area contributed by atoms with Gasteiger partial charge in [0.2, 0.25) is 0 Å². The maximum Gasteiger partial charge on any atom is 0.270 e. The largest absolute Gasteiger partial charge is 0.303 e. The van der Waals surface area contributed by atoms with E-state index in [1.165, 1.54) is 12.1 Å². The van der Waals surface area contributed by atoms with Crippen molar-refractivity contribution in [2.45, 2.75) is 25.4 Å². The van der Waals surface area contributed by atoms with Crippen molar-refractivity contribution < 1.29 is 14.6 Å². The molecule has 0 radical (unpaired) electrons. The molecule has 1 aromatic carbocycles. The van der Waals surface area contributed by atoms with Gasteiger partial charge < -0.3 is 4.79 Å². The van der Waals surface area contributed by atoms with E-state index in [0.29, 0.717) is 12.0 Å². The Bertz CT molecular complexity index is 513. The van der Waals surface area contributed by atoms with Gasteiger partial charge in [0, 0.05) is 24.1 Å². The van der Waals surface area contributed by atoms with Crippen molar-refractivity contribution in [3.8, 4) is 0 Å². The van der Waals surface area contributed by atoms with Gasteiger partial charge in [0.05, 0.1) is 10.6 Å². The van der Waals surface area contributed by atoms with Gasteiger partial charge in [-0.25, -0.2) is 0 Å². The van der Waals surface area contributed by atoms with Crippen molar-refractivity contribution in [1.82, 2.24) is 5.48 Å². The normalized spacial score (nSPS) is 17.7. The summed E-state index contributed by atoms with van der Waals surface area (Å²) in [5.74, 6) is 0. The molecule has 0 bridgehead atoms. The summed E-state index contributed by atoms with van der Waals surface area (Å²) in [7, 11) is 0. The lowest BCUT2D eigenvalue weighted by atomic mass is 10.1. The fraction of sp³-hybridized carbons (Fsp3) is 0.308. The van der Waals surface area contributed by atoms with Gasteiger partial charge in [-0.05, 0) is 18.9 Å². The first-order valence-electron chi connectivity index (χ1n) is 6.02. The predicted octanol–water partition coefficient (Wildman–Crippen LogP) is 2.21. The zero-order valence-electron chi connectivity index (χ0n) is 10.2. The number of hydrogen-bond donors (Lipinski definition) is 1. The summed E-state index contributed by atoms with van der Waals surface area (Å²) >= 11 is 0. The van der Waals surface area contributed by atoms with Crippen molar-refractivity contribution in [1.29, 1.82) is 0 Å². The van der Waals surface area contributed by atoms with Crippen LogP contribution in [-0.2, 0) is 9.63 Å². The molecule has 1 aliphatic heterocycles. The van der Waals surface area contributed by atoms with Crippen LogP contribution in [0.1, 0.15) is 24.8 Å². The van der Waals surface area contributed by atoms with Gasteiger partial charge >= 0.3 is 0 Å². The number of nitro groups is 1. The number of nitrogens with zero attached hydrogens (tertiary/aromatic N) is 1. The summed E-state index contributed by atoms with van der Waals surface area (Å²) < 4.78 is 0. The Balaban J connectivity index is 2.06. The Labute approximate surface area is 110 Å². The number of hydrogen-bond acceptors (Lipinski definition) is 5. The van der Waals surface area contributed by atoms with Crippen LogP contribution in [0.4, 0.5) is 5.69 Å². The fourth-order valence-corrected chi connectivity index (χ4v) is 1.88. The van der Waals surface area contributed by atoms with Gasteiger partial charge in [-0.1, -0.05) is 12.1 Å². The first-order chi connectivity index (χ1) is 9.20. The zero-order valence-corrected chi connectivity index (χ0v) is 10.2. The van der Waals surface area contributed by atoms with E-state index in [1.54, 1.807) is 12.1 Å². The highest BCUT2D eigenvalue weighted by Crippen LogP contribution is 2.23. The third-order valence-electron chi connectivity index (χ3n) is 2.85. The lowest BCUT2D eigenvalue weighted by Gasteiger charge is -2.05. The molecule has 0 saturated heterocycles. The quantitative estimate of drug-likeness (QED) is 0.368.